The van der Waals surface area contributed by atoms with E-state index < -0.39 is 0 Å². The molecular weight excluding hydrogens is 307 g/mol. The number of benzene rings is 1. The smallest absolute Gasteiger partial charge is 0.220 e. The van der Waals surface area contributed by atoms with Crippen LogP contribution < -0.4 is 5.32 Å². The van der Waals surface area contributed by atoms with E-state index in [4.69, 9.17) is 0 Å². The third-order valence-corrected chi connectivity index (χ3v) is 5.64. The largest absolute Gasteiger partial charge is 0.356 e. The topological polar surface area (TPSA) is 49.4 Å². The normalized spacial score (nSPS) is 21.6. The molecular formula is C19H25FN2O2. The first kappa shape index (κ1) is 16.9. The molecule has 4 nitrogen and oxygen atoms in total. The molecule has 130 valence electrons. The fourth-order valence-electron chi connectivity index (χ4n) is 4.43. The fourth-order valence-corrected chi connectivity index (χ4v) is 4.43. The van der Waals surface area contributed by atoms with Crippen molar-refractivity contribution in [1.29, 1.82) is 0 Å². The van der Waals surface area contributed by atoms with Gasteiger partial charge in [0, 0.05) is 33.0 Å². The van der Waals surface area contributed by atoms with Gasteiger partial charge >= 0.3 is 0 Å². The lowest BCUT2D eigenvalue weighted by Crippen LogP contribution is -2.43. The standard InChI is InChI=1S/C19H25FN2O2/c1-3-21-18(24)10-14-12-19(6-8-22(9-7-19)13(2)23)17-11-15(20)4-5-16(14)17/h4-5,11,14H,3,6-10,12H2,1-2H3,(H,21,24). The Kier molecular flexibility index (Phi) is 4.61. The molecule has 1 heterocycles. The fraction of sp³-hybridized carbons (Fsp3) is 0.579. The molecule has 1 aromatic rings. The molecule has 5 heteroatoms. The third-order valence-electron chi connectivity index (χ3n) is 5.64. The predicted octanol–water partition coefficient (Wildman–Crippen LogP) is 2.72. The van der Waals surface area contributed by atoms with E-state index in [2.05, 4.69) is 5.32 Å². The van der Waals surface area contributed by atoms with Gasteiger partial charge in [-0.3, -0.25) is 9.59 Å². The summed E-state index contributed by atoms with van der Waals surface area (Å²) in [5.74, 6) is 0.0639. The van der Waals surface area contributed by atoms with Crippen molar-refractivity contribution in [2.24, 2.45) is 0 Å². The van der Waals surface area contributed by atoms with Crippen LogP contribution in [0.3, 0.4) is 0 Å². The van der Waals surface area contributed by atoms with Crippen LogP contribution in [0.15, 0.2) is 18.2 Å². The molecule has 1 saturated heterocycles. The number of nitrogens with one attached hydrogen (secondary N) is 1. The van der Waals surface area contributed by atoms with Gasteiger partial charge in [0.15, 0.2) is 0 Å². The van der Waals surface area contributed by atoms with Crippen LogP contribution in [-0.4, -0.2) is 36.3 Å². The van der Waals surface area contributed by atoms with Crippen molar-refractivity contribution in [2.75, 3.05) is 19.6 Å². The number of amides is 2. The van der Waals surface area contributed by atoms with Crippen molar-refractivity contribution >= 4 is 11.8 Å². The van der Waals surface area contributed by atoms with E-state index in [0.29, 0.717) is 26.1 Å². The summed E-state index contributed by atoms with van der Waals surface area (Å²) >= 11 is 0. The van der Waals surface area contributed by atoms with E-state index in [0.717, 1.165) is 30.4 Å². The Morgan fingerprint density at radius 1 is 1.33 bits per heavy atom. The first-order valence-electron chi connectivity index (χ1n) is 8.77. The van der Waals surface area contributed by atoms with E-state index in [9.17, 15) is 14.0 Å². The van der Waals surface area contributed by atoms with Crippen molar-refractivity contribution in [2.45, 2.75) is 50.9 Å². The summed E-state index contributed by atoms with van der Waals surface area (Å²) in [6.07, 6.45) is 3.00. The van der Waals surface area contributed by atoms with Gasteiger partial charge in [-0.1, -0.05) is 6.07 Å². The number of halogens is 1. The molecule has 1 atom stereocenters. The van der Waals surface area contributed by atoms with E-state index in [1.54, 1.807) is 13.0 Å². The highest BCUT2D eigenvalue weighted by Crippen LogP contribution is 2.52. The summed E-state index contributed by atoms with van der Waals surface area (Å²) in [6, 6.07) is 4.99. The molecule has 3 rings (SSSR count). The Morgan fingerprint density at radius 2 is 2.04 bits per heavy atom. The Labute approximate surface area is 142 Å². The molecule has 1 N–H and O–H groups in total. The van der Waals surface area contributed by atoms with E-state index in [-0.39, 0.29) is 29.0 Å². The van der Waals surface area contributed by atoms with E-state index >= 15 is 0 Å². The van der Waals surface area contributed by atoms with E-state index in [1.807, 2.05) is 17.9 Å². The average Bonchev–Trinajstić information content (AvgIpc) is 2.81. The van der Waals surface area contributed by atoms with Crippen LogP contribution in [0.2, 0.25) is 0 Å². The highest BCUT2D eigenvalue weighted by atomic mass is 19.1. The molecule has 24 heavy (non-hydrogen) atoms. The van der Waals surface area contributed by atoms with Crippen LogP contribution in [-0.2, 0) is 15.0 Å². The summed E-state index contributed by atoms with van der Waals surface area (Å²) in [5, 5.41) is 2.86. The second kappa shape index (κ2) is 6.54. The molecule has 1 unspecified atom stereocenters. The molecule has 0 aromatic heterocycles. The van der Waals surface area contributed by atoms with Crippen LogP contribution in [0.25, 0.3) is 0 Å². The minimum Gasteiger partial charge on any atom is -0.356 e. The zero-order valence-corrected chi connectivity index (χ0v) is 14.4. The lowest BCUT2D eigenvalue weighted by Gasteiger charge is -2.40. The molecule has 0 saturated carbocycles. The minimum absolute atomic E-state index is 0.0518. The van der Waals surface area contributed by atoms with Gasteiger partial charge in [0.25, 0.3) is 0 Å². The number of fused-ring (bicyclic) bond motifs is 2. The number of hydrogen-bond donors (Lipinski definition) is 1. The van der Waals surface area contributed by atoms with Gasteiger partial charge in [-0.25, -0.2) is 4.39 Å². The van der Waals surface area contributed by atoms with E-state index in [1.165, 1.54) is 6.07 Å². The van der Waals surface area contributed by atoms with Gasteiger partial charge in [0.05, 0.1) is 0 Å². The van der Waals surface area contributed by atoms with Crippen molar-refractivity contribution < 1.29 is 14.0 Å². The second-order valence-electron chi connectivity index (χ2n) is 7.08. The molecule has 1 aliphatic heterocycles. The van der Waals surface area contributed by atoms with Crippen molar-refractivity contribution in [1.82, 2.24) is 10.2 Å². The zero-order valence-electron chi connectivity index (χ0n) is 14.4. The molecule has 0 radical (unpaired) electrons. The maximum Gasteiger partial charge on any atom is 0.220 e. The van der Waals surface area contributed by atoms with Crippen molar-refractivity contribution in [3.05, 3.63) is 35.1 Å². The van der Waals surface area contributed by atoms with Gasteiger partial charge in [-0.15, -0.1) is 0 Å². The highest BCUT2D eigenvalue weighted by Gasteiger charge is 2.46. The first-order chi connectivity index (χ1) is 11.4. The SMILES string of the molecule is CCNC(=O)CC1CC2(CCN(C(C)=O)CC2)c2cc(F)ccc21. The van der Waals surface area contributed by atoms with Gasteiger partial charge in [-0.05, 0) is 60.8 Å². The quantitative estimate of drug-likeness (QED) is 0.925. The molecule has 2 amide bonds. The zero-order chi connectivity index (χ0) is 17.3. The first-order valence-corrected chi connectivity index (χ1v) is 8.77. The molecule has 1 fully saturated rings. The Morgan fingerprint density at radius 3 is 2.67 bits per heavy atom. The Bertz CT molecular complexity index is 651. The number of hydrogen-bond acceptors (Lipinski definition) is 2. The number of carbonyl (C=O) groups excluding carboxylic acids is 2. The summed E-state index contributed by atoms with van der Waals surface area (Å²) in [5.41, 5.74) is 2.07. The van der Waals surface area contributed by atoms with Crippen LogP contribution in [0.5, 0.6) is 0 Å². The number of carbonyl (C=O) groups is 2. The van der Waals surface area contributed by atoms with Crippen molar-refractivity contribution in [3.63, 3.8) is 0 Å². The summed E-state index contributed by atoms with van der Waals surface area (Å²) < 4.78 is 13.9. The maximum absolute atomic E-state index is 13.9. The van der Waals surface area contributed by atoms with Gasteiger partial charge in [0.2, 0.25) is 11.8 Å². The van der Waals surface area contributed by atoms with Crippen LogP contribution in [0.1, 0.15) is 56.6 Å². The number of piperidine rings is 1. The molecule has 1 aliphatic carbocycles. The van der Waals surface area contributed by atoms with Crippen LogP contribution in [0.4, 0.5) is 4.39 Å². The highest BCUT2D eigenvalue weighted by molar-refractivity contribution is 5.77. The average molecular weight is 332 g/mol. The molecule has 2 aliphatic rings. The van der Waals surface area contributed by atoms with Crippen molar-refractivity contribution in [3.8, 4) is 0 Å². The maximum atomic E-state index is 13.9. The summed E-state index contributed by atoms with van der Waals surface area (Å²) in [6.45, 7) is 5.55. The lowest BCUT2D eigenvalue weighted by atomic mass is 9.73. The molecule has 1 aromatic carbocycles. The van der Waals surface area contributed by atoms with Gasteiger partial charge < -0.3 is 10.2 Å². The number of likely N-dealkylation sites (tertiary alicyclic amines) is 1. The Balaban J connectivity index is 1.86. The molecule has 1 spiro atoms. The molecule has 0 bridgehead atoms. The number of nitrogens with zero attached hydrogens (tertiary/aromatic N) is 1. The van der Waals surface area contributed by atoms with Crippen LogP contribution in [0, 0.1) is 5.82 Å². The predicted molar refractivity (Wildman–Crippen MR) is 90.2 cm³/mol. The second-order valence-corrected chi connectivity index (χ2v) is 7.08. The van der Waals surface area contributed by atoms with Gasteiger partial charge in [-0.2, -0.15) is 0 Å². The number of rotatable bonds is 3. The monoisotopic (exact) mass is 332 g/mol. The lowest BCUT2D eigenvalue weighted by molar-refractivity contribution is -0.130. The Hall–Kier alpha value is -1.91. The van der Waals surface area contributed by atoms with Gasteiger partial charge in [0.1, 0.15) is 5.82 Å². The summed E-state index contributed by atoms with van der Waals surface area (Å²) in [7, 11) is 0. The third kappa shape index (κ3) is 3.04. The summed E-state index contributed by atoms with van der Waals surface area (Å²) in [4.78, 5) is 25.5. The minimum atomic E-state index is -0.221. The van der Waals surface area contributed by atoms with Crippen LogP contribution >= 0.6 is 0 Å².